The second kappa shape index (κ2) is 7.29. The number of carbonyl (C=O) groups is 1. The molecule has 0 aliphatic carbocycles. The summed E-state index contributed by atoms with van der Waals surface area (Å²) in [7, 11) is 1.78. The molecule has 0 spiro atoms. The van der Waals surface area contributed by atoms with Crippen molar-refractivity contribution < 1.29 is 9.21 Å². The van der Waals surface area contributed by atoms with Crippen LogP contribution >= 0.6 is 12.4 Å². The van der Waals surface area contributed by atoms with Crippen molar-refractivity contribution in [2.45, 2.75) is 13.5 Å². The Kier molecular flexibility index (Phi) is 5.38. The van der Waals surface area contributed by atoms with Gasteiger partial charge in [-0.15, -0.1) is 12.4 Å². The molecule has 24 heavy (non-hydrogen) atoms. The molecule has 0 bridgehead atoms. The van der Waals surface area contributed by atoms with Crippen molar-refractivity contribution in [1.29, 1.82) is 0 Å². The van der Waals surface area contributed by atoms with Crippen molar-refractivity contribution in [3.05, 3.63) is 53.7 Å². The first-order valence-electron chi connectivity index (χ1n) is 7.15. The molecule has 3 rings (SSSR count). The van der Waals surface area contributed by atoms with Crippen LogP contribution in [0.5, 0.6) is 0 Å². The topological polar surface area (TPSA) is 99.0 Å². The van der Waals surface area contributed by atoms with Crippen LogP contribution in [0.25, 0.3) is 11.3 Å². The van der Waals surface area contributed by atoms with Crippen LogP contribution in [-0.4, -0.2) is 20.7 Å². The monoisotopic (exact) mass is 347 g/mol. The summed E-state index contributed by atoms with van der Waals surface area (Å²) in [5.74, 6) is 0.576. The van der Waals surface area contributed by atoms with Gasteiger partial charge in [0, 0.05) is 18.2 Å². The molecular weight excluding hydrogens is 330 g/mol. The van der Waals surface area contributed by atoms with Crippen molar-refractivity contribution in [1.82, 2.24) is 14.8 Å². The largest absolute Gasteiger partial charge is 0.447 e. The Morgan fingerprint density at radius 1 is 1.33 bits per heavy atom. The van der Waals surface area contributed by atoms with Crippen LogP contribution in [0.3, 0.4) is 0 Å². The highest BCUT2D eigenvalue weighted by Gasteiger charge is 2.18. The predicted molar refractivity (Wildman–Crippen MR) is 93.0 cm³/mol. The zero-order valence-corrected chi connectivity index (χ0v) is 14.1. The van der Waals surface area contributed by atoms with Crippen molar-refractivity contribution in [3.8, 4) is 11.3 Å². The number of aromatic nitrogens is 3. The van der Waals surface area contributed by atoms with Gasteiger partial charge in [-0.3, -0.25) is 9.48 Å². The van der Waals surface area contributed by atoms with Gasteiger partial charge in [-0.05, 0) is 6.92 Å². The first-order valence-corrected chi connectivity index (χ1v) is 7.15. The molecule has 0 aliphatic heterocycles. The lowest BCUT2D eigenvalue weighted by Crippen LogP contribution is -2.16. The summed E-state index contributed by atoms with van der Waals surface area (Å²) >= 11 is 0. The number of nitrogens with zero attached hydrogens (tertiary/aromatic N) is 3. The number of hydrogen-bond donors (Lipinski definition) is 2. The molecule has 3 N–H and O–H groups in total. The third kappa shape index (κ3) is 3.32. The Balaban J connectivity index is 0.00000208. The fraction of sp³-hybridized carbons (Fsp3) is 0.188. The molecular formula is C16H18ClN5O2. The van der Waals surface area contributed by atoms with E-state index in [1.807, 2.05) is 37.3 Å². The van der Waals surface area contributed by atoms with E-state index in [1.165, 1.54) is 6.26 Å². The van der Waals surface area contributed by atoms with Gasteiger partial charge in [-0.25, -0.2) is 4.98 Å². The number of hydrogen-bond acceptors (Lipinski definition) is 5. The highest BCUT2D eigenvalue weighted by molar-refractivity contribution is 6.03. The van der Waals surface area contributed by atoms with Crippen LogP contribution in [0.15, 0.2) is 41.0 Å². The van der Waals surface area contributed by atoms with Gasteiger partial charge in [0.05, 0.1) is 12.2 Å². The Morgan fingerprint density at radius 3 is 2.67 bits per heavy atom. The highest BCUT2D eigenvalue weighted by atomic mass is 35.5. The fourth-order valence-electron chi connectivity index (χ4n) is 2.36. The molecule has 2 aromatic heterocycles. The second-order valence-corrected chi connectivity index (χ2v) is 5.10. The van der Waals surface area contributed by atoms with Crippen molar-refractivity contribution >= 4 is 24.1 Å². The van der Waals surface area contributed by atoms with Crippen LogP contribution < -0.4 is 11.1 Å². The molecule has 0 fully saturated rings. The summed E-state index contributed by atoms with van der Waals surface area (Å²) < 4.78 is 6.73. The lowest BCUT2D eigenvalue weighted by atomic mass is 10.1. The zero-order valence-electron chi connectivity index (χ0n) is 13.3. The van der Waals surface area contributed by atoms with Crippen LogP contribution in [0.4, 0.5) is 5.82 Å². The second-order valence-electron chi connectivity index (χ2n) is 5.10. The Labute approximate surface area is 145 Å². The van der Waals surface area contributed by atoms with Crippen LogP contribution in [-0.2, 0) is 13.6 Å². The van der Waals surface area contributed by atoms with Gasteiger partial charge in [0.2, 0.25) is 5.89 Å². The molecule has 0 radical (unpaired) electrons. The maximum atomic E-state index is 12.3. The van der Waals surface area contributed by atoms with Crippen molar-refractivity contribution in [3.63, 3.8) is 0 Å². The molecule has 0 atom stereocenters. The minimum Gasteiger partial charge on any atom is -0.447 e. The number of aryl methyl sites for hydroxylation is 1. The van der Waals surface area contributed by atoms with Gasteiger partial charge in [0.25, 0.3) is 5.91 Å². The molecule has 126 valence electrons. The third-order valence-electron chi connectivity index (χ3n) is 3.52. The average Bonchev–Trinajstić information content (AvgIpc) is 3.16. The summed E-state index contributed by atoms with van der Waals surface area (Å²) in [5.41, 5.74) is 8.32. The lowest BCUT2D eigenvalue weighted by molar-refractivity contribution is 0.102. The van der Waals surface area contributed by atoms with Gasteiger partial charge in [-0.1, -0.05) is 30.3 Å². The summed E-state index contributed by atoms with van der Waals surface area (Å²) in [6.07, 6.45) is 1.29. The number of carbonyl (C=O) groups excluding carboxylic acids is 1. The van der Waals surface area contributed by atoms with Crippen molar-refractivity contribution in [2.75, 3.05) is 5.32 Å². The molecule has 1 aromatic carbocycles. The van der Waals surface area contributed by atoms with Gasteiger partial charge in [-0.2, -0.15) is 5.10 Å². The van der Waals surface area contributed by atoms with E-state index in [2.05, 4.69) is 15.4 Å². The SMILES string of the molecule is Cc1c(-c2ccccc2)nn(C)c1NC(=O)c1coc(CN)n1.Cl. The van der Waals surface area contributed by atoms with Gasteiger partial charge in [0.15, 0.2) is 5.69 Å². The number of rotatable bonds is 4. The Bertz CT molecular complexity index is 842. The Hall–Kier alpha value is -2.64. The molecule has 1 amide bonds. The number of oxazole rings is 1. The first-order chi connectivity index (χ1) is 11.1. The highest BCUT2D eigenvalue weighted by Crippen LogP contribution is 2.27. The van der Waals surface area contributed by atoms with E-state index in [0.29, 0.717) is 11.7 Å². The smallest absolute Gasteiger partial charge is 0.278 e. The van der Waals surface area contributed by atoms with E-state index >= 15 is 0 Å². The van der Waals surface area contributed by atoms with E-state index in [-0.39, 0.29) is 30.6 Å². The number of amides is 1. The quantitative estimate of drug-likeness (QED) is 0.755. The standard InChI is InChI=1S/C16H17N5O2.ClH/c1-10-14(11-6-4-3-5-7-11)20-21(2)15(10)19-16(22)12-9-23-13(8-17)18-12;/h3-7,9H,8,17H2,1-2H3,(H,19,22);1H. The van der Waals surface area contributed by atoms with E-state index in [4.69, 9.17) is 10.2 Å². The van der Waals surface area contributed by atoms with Gasteiger partial charge in [0.1, 0.15) is 12.1 Å². The van der Waals surface area contributed by atoms with Crippen LogP contribution in [0.1, 0.15) is 21.9 Å². The number of nitrogens with two attached hydrogens (primary N) is 1. The minimum absolute atomic E-state index is 0. The maximum Gasteiger partial charge on any atom is 0.278 e. The molecule has 0 saturated carbocycles. The van der Waals surface area contributed by atoms with Crippen molar-refractivity contribution in [2.24, 2.45) is 12.8 Å². The van der Waals surface area contributed by atoms with Crippen LogP contribution in [0, 0.1) is 6.92 Å². The van der Waals surface area contributed by atoms with E-state index in [1.54, 1.807) is 11.7 Å². The molecule has 7 nitrogen and oxygen atoms in total. The molecule has 2 heterocycles. The summed E-state index contributed by atoms with van der Waals surface area (Å²) in [6, 6.07) is 9.80. The lowest BCUT2D eigenvalue weighted by Gasteiger charge is -2.04. The number of halogens is 1. The van der Waals surface area contributed by atoms with E-state index < -0.39 is 0 Å². The number of anilines is 1. The van der Waals surface area contributed by atoms with Gasteiger partial charge < -0.3 is 15.5 Å². The Morgan fingerprint density at radius 2 is 2.04 bits per heavy atom. The van der Waals surface area contributed by atoms with E-state index in [0.717, 1.165) is 16.8 Å². The molecule has 0 unspecified atom stereocenters. The summed E-state index contributed by atoms with van der Waals surface area (Å²) in [4.78, 5) is 16.3. The average molecular weight is 348 g/mol. The predicted octanol–water partition coefficient (Wildman–Crippen LogP) is 2.52. The normalized spacial score (nSPS) is 10.3. The van der Waals surface area contributed by atoms with Gasteiger partial charge >= 0.3 is 0 Å². The maximum absolute atomic E-state index is 12.3. The minimum atomic E-state index is -0.362. The number of nitrogens with one attached hydrogen (secondary N) is 1. The fourth-order valence-corrected chi connectivity index (χ4v) is 2.36. The molecule has 0 saturated heterocycles. The summed E-state index contributed by atoms with van der Waals surface area (Å²) in [6.45, 7) is 2.06. The van der Waals surface area contributed by atoms with E-state index in [9.17, 15) is 4.79 Å². The first kappa shape index (κ1) is 17.7. The zero-order chi connectivity index (χ0) is 16.4. The molecule has 8 heteroatoms. The molecule has 0 aliphatic rings. The number of benzene rings is 1. The molecule has 3 aromatic rings. The van der Waals surface area contributed by atoms with Crippen LogP contribution in [0.2, 0.25) is 0 Å². The summed E-state index contributed by atoms with van der Waals surface area (Å²) in [5, 5.41) is 7.31. The third-order valence-corrected chi connectivity index (χ3v) is 3.52.